The van der Waals surface area contributed by atoms with Gasteiger partial charge in [-0.2, -0.15) is 0 Å². The molecular formula is C22H36N2O2. The second kappa shape index (κ2) is 11.4. The van der Waals surface area contributed by atoms with Gasteiger partial charge in [0.15, 0.2) is 0 Å². The van der Waals surface area contributed by atoms with Crippen LogP contribution in [-0.4, -0.2) is 51.9 Å². The average Bonchev–Trinajstić information content (AvgIpc) is 3.06. The van der Waals surface area contributed by atoms with Crippen molar-refractivity contribution in [1.82, 2.24) is 9.88 Å². The van der Waals surface area contributed by atoms with Crippen molar-refractivity contribution in [3.8, 4) is 0 Å². The second-order valence-corrected chi connectivity index (χ2v) is 7.46. The van der Waals surface area contributed by atoms with Gasteiger partial charge in [0.05, 0.1) is 12.2 Å². The van der Waals surface area contributed by atoms with Gasteiger partial charge < -0.3 is 15.2 Å². The third kappa shape index (κ3) is 6.75. The maximum atomic E-state index is 10.3. The Kier molecular flexibility index (Phi) is 9.16. The topological polar surface area (TPSA) is 59.5 Å². The molecule has 4 nitrogen and oxygen atoms in total. The van der Waals surface area contributed by atoms with E-state index in [1.54, 1.807) is 0 Å². The SMILES string of the molecule is CCCCC(O)CN(CCc1c[nH]c2ccccc12)CC(O)CCCC. The Morgan fingerprint density at radius 1 is 0.962 bits per heavy atom. The lowest BCUT2D eigenvalue weighted by atomic mass is 10.1. The fourth-order valence-corrected chi connectivity index (χ4v) is 3.53. The van der Waals surface area contributed by atoms with Crippen molar-refractivity contribution in [1.29, 1.82) is 0 Å². The molecule has 2 aromatic rings. The van der Waals surface area contributed by atoms with Crippen LogP contribution in [0.1, 0.15) is 57.9 Å². The second-order valence-electron chi connectivity index (χ2n) is 7.46. The molecular weight excluding hydrogens is 324 g/mol. The van der Waals surface area contributed by atoms with E-state index in [1.807, 2.05) is 6.07 Å². The van der Waals surface area contributed by atoms with Crippen LogP contribution in [0, 0.1) is 0 Å². The van der Waals surface area contributed by atoms with Crippen molar-refractivity contribution in [2.24, 2.45) is 0 Å². The highest BCUT2D eigenvalue weighted by Crippen LogP contribution is 2.18. The molecule has 0 spiro atoms. The quantitative estimate of drug-likeness (QED) is 0.504. The number of rotatable bonds is 13. The zero-order valence-corrected chi connectivity index (χ0v) is 16.5. The normalized spacial score (nSPS) is 14.2. The van der Waals surface area contributed by atoms with Gasteiger partial charge in [-0.3, -0.25) is 4.90 Å². The van der Waals surface area contributed by atoms with Gasteiger partial charge in [-0.15, -0.1) is 0 Å². The summed E-state index contributed by atoms with van der Waals surface area (Å²) in [5.74, 6) is 0. The van der Waals surface area contributed by atoms with Gasteiger partial charge >= 0.3 is 0 Å². The van der Waals surface area contributed by atoms with Crippen LogP contribution >= 0.6 is 0 Å². The maximum Gasteiger partial charge on any atom is 0.0667 e. The highest BCUT2D eigenvalue weighted by molar-refractivity contribution is 5.83. The highest BCUT2D eigenvalue weighted by atomic mass is 16.3. The van der Waals surface area contributed by atoms with Gasteiger partial charge in [-0.1, -0.05) is 57.7 Å². The van der Waals surface area contributed by atoms with E-state index in [0.29, 0.717) is 13.1 Å². The van der Waals surface area contributed by atoms with Crippen LogP contribution in [-0.2, 0) is 6.42 Å². The molecule has 0 saturated heterocycles. The van der Waals surface area contributed by atoms with Crippen LogP contribution in [0.5, 0.6) is 0 Å². The number of benzene rings is 1. The summed E-state index contributed by atoms with van der Waals surface area (Å²) in [4.78, 5) is 5.57. The summed E-state index contributed by atoms with van der Waals surface area (Å²) in [6.07, 6.45) is 8.38. The number of nitrogens with zero attached hydrogens (tertiary/aromatic N) is 1. The lowest BCUT2D eigenvalue weighted by Crippen LogP contribution is -2.39. The van der Waals surface area contributed by atoms with Crippen LogP contribution in [0.4, 0.5) is 0 Å². The summed E-state index contributed by atoms with van der Waals surface area (Å²) in [7, 11) is 0. The molecule has 1 aromatic heterocycles. The summed E-state index contributed by atoms with van der Waals surface area (Å²) in [5, 5.41) is 21.9. The Morgan fingerprint density at radius 3 is 2.19 bits per heavy atom. The molecule has 0 aliphatic rings. The lowest BCUT2D eigenvalue weighted by molar-refractivity contribution is 0.0615. The molecule has 0 bridgehead atoms. The van der Waals surface area contributed by atoms with Crippen molar-refractivity contribution < 1.29 is 10.2 Å². The molecule has 0 radical (unpaired) electrons. The number of aliphatic hydroxyl groups is 2. The van der Waals surface area contributed by atoms with E-state index < -0.39 is 0 Å². The molecule has 2 atom stereocenters. The fraction of sp³-hybridized carbons (Fsp3) is 0.636. The minimum Gasteiger partial charge on any atom is -0.392 e. The summed E-state index contributed by atoms with van der Waals surface area (Å²) < 4.78 is 0. The van der Waals surface area contributed by atoms with Crippen molar-refractivity contribution in [2.45, 2.75) is 71.0 Å². The summed E-state index contributed by atoms with van der Waals surface area (Å²) in [6, 6.07) is 8.36. The van der Waals surface area contributed by atoms with Crippen molar-refractivity contribution in [2.75, 3.05) is 19.6 Å². The molecule has 26 heavy (non-hydrogen) atoms. The fourth-order valence-electron chi connectivity index (χ4n) is 3.53. The van der Waals surface area contributed by atoms with Gasteiger partial charge in [-0.25, -0.2) is 0 Å². The summed E-state index contributed by atoms with van der Waals surface area (Å²) >= 11 is 0. The number of nitrogens with one attached hydrogen (secondary N) is 1. The van der Waals surface area contributed by atoms with E-state index in [2.05, 4.69) is 48.1 Å². The van der Waals surface area contributed by atoms with Gasteiger partial charge in [0.25, 0.3) is 0 Å². The molecule has 1 heterocycles. The first-order valence-electron chi connectivity index (χ1n) is 10.3. The molecule has 4 heteroatoms. The standard InChI is InChI=1S/C22H36N2O2/c1-3-5-9-19(25)16-24(17-20(26)10-6-4-2)14-13-18-15-23-22-12-8-7-11-21(18)22/h7-8,11-12,15,19-20,23,25-26H,3-6,9-10,13-14,16-17H2,1-2H3. The molecule has 3 N–H and O–H groups in total. The Hall–Kier alpha value is -1.36. The first-order valence-corrected chi connectivity index (χ1v) is 10.3. The molecule has 0 fully saturated rings. The zero-order valence-electron chi connectivity index (χ0n) is 16.5. The van der Waals surface area contributed by atoms with Crippen LogP contribution in [0.15, 0.2) is 30.5 Å². The minimum absolute atomic E-state index is 0.309. The number of para-hydroxylation sites is 1. The van der Waals surface area contributed by atoms with Crippen molar-refractivity contribution >= 4 is 10.9 Å². The molecule has 1 aromatic carbocycles. The van der Waals surface area contributed by atoms with Gasteiger partial charge in [0.2, 0.25) is 0 Å². The van der Waals surface area contributed by atoms with Gasteiger partial charge in [0.1, 0.15) is 0 Å². The Balaban J connectivity index is 1.95. The first-order chi connectivity index (χ1) is 12.6. The first kappa shape index (κ1) is 20.9. The molecule has 0 saturated carbocycles. The molecule has 2 rings (SSSR count). The Morgan fingerprint density at radius 2 is 1.58 bits per heavy atom. The van der Waals surface area contributed by atoms with E-state index in [-0.39, 0.29) is 12.2 Å². The van der Waals surface area contributed by atoms with Crippen molar-refractivity contribution in [3.05, 3.63) is 36.0 Å². The van der Waals surface area contributed by atoms with Gasteiger partial charge in [-0.05, 0) is 30.9 Å². The number of hydrogen-bond donors (Lipinski definition) is 3. The molecule has 2 unspecified atom stereocenters. The Bertz CT molecular complexity index is 609. The predicted octanol–water partition coefficient (Wildman–Crippen LogP) is 4.11. The molecule has 0 amide bonds. The van der Waals surface area contributed by atoms with Crippen molar-refractivity contribution in [3.63, 3.8) is 0 Å². The predicted molar refractivity (Wildman–Crippen MR) is 110 cm³/mol. The van der Waals surface area contributed by atoms with E-state index in [4.69, 9.17) is 0 Å². The lowest BCUT2D eigenvalue weighted by Gasteiger charge is -2.27. The number of fused-ring (bicyclic) bond motifs is 1. The number of H-pyrrole nitrogens is 1. The van der Waals surface area contributed by atoms with Crippen LogP contribution in [0.3, 0.4) is 0 Å². The summed E-state index contributed by atoms with van der Waals surface area (Å²) in [6.45, 7) is 6.44. The van der Waals surface area contributed by atoms with Crippen LogP contribution in [0.2, 0.25) is 0 Å². The molecule has 0 aliphatic heterocycles. The van der Waals surface area contributed by atoms with Gasteiger partial charge in [0, 0.05) is 36.7 Å². The number of unbranched alkanes of at least 4 members (excludes halogenated alkanes) is 2. The number of hydrogen-bond acceptors (Lipinski definition) is 3. The van der Waals surface area contributed by atoms with E-state index >= 15 is 0 Å². The monoisotopic (exact) mass is 360 g/mol. The summed E-state index contributed by atoms with van der Waals surface area (Å²) in [5.41, 5.74) is 2.47. The number of aromatic nitrogens is 1. The largest absolute Gasteiger partial charge is 0.392 e. The molecule has 0 aliphatic carbocycles. The number of aliphatic hydroxyl groups excluding tert-OH is 2. The third-order valence-corrected chi connectivity index (χ3v) is 5.09. The van der Waals surface area contributed by atoms with Crippen LogP contribution in [0.25, 0.3) is 10.9 Å². The molecule has 146 valence electrons. The maximum absolute atomic E-state index is 10.3. The van der Waals surface area contributed by atoms with E-state index in [0.717, 1.165) is 51.5 Å². The number of aromatic amines is 1. The average molecular weight is 361 g/mol. The van der Waals surface area contributed by atoms with E-state index in [1.165, 1.54) is 16.5 Å². The zero-order chi connectivity index (χ0) is 18.8. The Labute approximate surface area is 158 Å². The minimum atomic E-state index is -0.309. The third-order valence-electron chi connectivity index (χ3n) is 5.09. The smallest absolute Gasteiger partial charge is 0.0667 e. The van der Waals surface area contributed by atoms with E-state index in [9.17, 15) is 10.2 Å². The van der Waals surface area contributed by atoms with Crippen LogP contribution < -0.4 is 0 Å². The highest BCUT2D eigenvalue weighted by Gasteiger charge is 2.16.